The van der Waals surface area contributed by atoms with Crippen LogP contribution in [0.5, 0.6) is 11.5 Å². The molecule has 29 heavy (non-hydrogen) atoms. The third kappa shape index (κ3) is 3.87. The van der Waals surface area contributed by atoms with Gasteiger partial charge >= 0.3 is 0 Å². The van der Waals surface area contributed by atoms with Gasteiger partial charge in [0.05, 0.1) is 25.3 Å². The molecule has 3 rings (SSSR count). The molecule has 1 heterocycles. The topological polar surface area (TPSA) is 94.5 Å². The van der Waals surface area contributed by atoms with Crippen molar-refractivity contribution >= 4 is 22.8 Å². The number of hydrogen-bond donors (Lipinski definition) is 2. The highest BCUT2D eigenvalue weighted by Gasteiger charge is 2.15. The summed E-state index contributed by atoms with van der Waals surface area (Å²) in [5, 5.41) is 0. The summed E-state index contributed by atoms with van der Waals surface area (Å²) < 4.78 is 12.6. The summed E-state index contributed by atoms with van der Waals surface area (Å²) in [4.78, 5) is 29.4. The molecule has 152 valence electrons. The molecule has 0 fully saturated rings. The highest BCUT2D eigenvalue weighted by atomic mass is 16.5. The molecule has 8 nitrogen and oxygen atoms in total. The van der Waals surface area contributed by atoms with Gasteiger partial charge in [0, 0.05) is 23.2 Å². The Bertz CT molecular complexity index is 1060. The molecule has 0 atom stereocenters. The quantitative estimate of drug-likeness (QED) is 0.647. The van der Waals surface area contributed by atoms with Gasteiger partial charge < -0.3 is 14.0 Å². The number of carbonyl (C=O) groups excluding carboxylic acids is 2. The van der Waals surface area contributed by atoms with E-state index in [0.29, 0.717) is 22.6 Å². The first-order chi connectivity index (χ1) is 13.9. The number of carbonyl (C=O) groups is 2. The fraction of sp³-hybridized carbons (Fsp3) is 0.286. The Morgan fingerprint density at radius 2 is 1.55 bits per heavy atom. The van der Waals surface area contributed by atoms with Crippen molar-refractivity contribution in [2.45, 2.75) is 27.3 Å². The smallest absolute Gasteiger partial charge is 0.269 e. The van der Waals surface area contributed by atoms with E-state index in [0.717, 1.165) is 29.0 Å². The number of amides is 2. The fourth-order valence-electron chi connectivity index (χ4n) is 3.27. The SMILES string of the molecule is CCn1c(C)nc2cc(C(=O)NNC(=O)c3cc(OC)c(C)c(OC)c3)ccc21. The summed E-state index contributed by atoms with van der Waals surface area (Å²) in [6.07, 6.45) is 0. The molecule has 2 aromatic carbocycles. The first-order valence-electron chi connectivity index (χ1n) is 9.19. The molecule has 0 bridgehead atoms. The van der Waals surface area contributed by atoms with E-state index in [1.165, 1.54) is 14.2 Å². The Balaban J connectivity index is 1.75. The van der Waals surface area contributed by atoms with Crippen LogP contribution in [-0.4, -0.2) is 35.6 Å². The summed E-state index contributed by atoms with van der Waals surface area (Å²) >= 11 is 0. The lowest BCUT2D eigenvalue weighted by Gasteiger charge is -2.13. The number of imidazole rings is 1. The summed E-state index contributed by atoms with van der Waals surface area (Å²) in [5.41, 5.74) is 8.03. The number of rotatable bonds is 5. The van der Waals surface area contributed by atoms with E-state index in [2.05, 4.69) is 20.4 Å². The molecule has 0 saturated heterocycles. The number of methoxy groups -OCH3 is 2. The van der Waals surface area contributed by atoms with Crippen molar-refractivity contribution in [2.75, 3.05) is 14.2 Å². The monoisotopic (exact) mass is 396 g/mol. The van der Waals surface area contributed by atoms with Crippen molar-refractivity contribution in [3.8, 4) is 11.5 Å². The minimum atomic E-state index is -0.484. The fourth-order valence-corrected chi connectivity index (χ4v) is 3.27. The van der Waals surface area contributed by atoms with Crippen LogP contribution in [0.4, 0.5) is 0 Å². The van der Waals surface area contributed by atoms with Crippen LogP contribution < -0.4 is 20.3 Å². The molecule has 1 aromatic heterocycles. The number of benzene rings is 2. The van der Waals surface area contributed by atoms with Crippen LogP contribution in [0.25, 0.3) is 11.0 Å². The number of nitrogens with zero attached hydrogens (tertiary/aromatic N) is 2. The van der Waals surface area contributed by atoms with Gasteiger partial charge in [-0.05, 0) is 51.1 Å². The van der Waals surface area contributed by atoms with Crippen LogP contribution in [0.15, 0.2) is 30.3 Å². The molecule has 0 spiro atoms. The van der Waals surface area contributed by atoms with Gasteiger partial charge in [0.25, 0.3) is 11.8 Å². The van der Waals surface area contributed by atoms with Crippen LogP contribution in [0.3, 0.4) is 0 Å². The Hall–Kier alpha value is -3.55. The van der Waals surface area contributed by atoms with Crippen molar-refractivity contribution < 1.29 is 19.1 Å². The van der Waals surface area contributed by atoms with E-state index >= 15 is 0 Å². The van der Waals surface area contributed by atoms with Crippen LogP contribution >= 0.6 is 0 Å². The van der Waals surface area contributed by atoms with Gasteiger partial charge in [0.15, 0.2) is 0 Å². The maximum Gasteiger partial charge on any atom is 0.269 e. The maximum atomic E-state index is 12.5. The van der Waals surface area contributed by atoms with Crippen LogP contribution in [0, 0.1) is 13.8 Å². The third-order valence-corrected chi connectivity index (χ3v) is 4.82. The number of hydrazine groups is 1. The highest BCUT2D eigenvalue weighted by Crippen LogP contribution is 2.29. The molecular formula is C21H24N4O4. The second-order valence-electron chi connectivity index (χ2n) is 6.52. The molecule has 0 aliphatic rings. The van der Waals surface area contributed by atoms with Crippen LogP contribution in [0.2, 0.25) is 0 Å². The molecule has 8 heteroatoms. The summed E-state index contributed by atoms with van der Waals surface area (Å²) in [5.74, 6) is 1.01. The van der Waals surface area contributed by atoms with Gasteiger partial charge in [-0.1, -0.05) is 0 Å². The van der Waals surface area contributed by atoms with E-state index in [4.69, 9.17) is 9.47 Å². The number of aromatic nitrogens is 2. The maximum absolute atomic E-state index is 12.5. The Kier molecular flexibility index (Phi) is 5.72. The highest BCUT2D eigenvalue weighted by molar-refractivity contribution is 6.01. The molecule has 0 aliphatic heterocycles. The summed E-state index contributed by atoms with van der Waals surface area (Å²) in [6.45, 7) is 6.60. The predicted molar refractivity (Wildman–Crippen MR) is 109 cm³/mol. The van der Waals surface area contributed by atoms with Gasteiger partial charge in [-0.15, -0.1) is 0 Å². The number of fused-ring (bicyclic) bond motifs is 1. The van der Waals surface area contributed by atoms with Crippen molar-refractivity contribution in [1.29, 1.82) is 0 Å². The van der Waals surface area contributed by atoms with Gasteiger partial charge in [-0.3, -0.25) is 20.4 Å². The van der Waals surface area contributed by atoms with Crippen LogP contribution in [0.1, 0.15) is 39.0 Å². The lowest BCUT2D eigenvalue weighted by molar-refractivity contribution is 0.0846. The zero-order chi connectivity index (χ0) is 21.1. The summed E-state index contributed by atoms with van der Waals surface area (Å²) in [7, 11) is 3.03. The molecule has 0 unspecified atom stereocenters. The molecular weight excluding hydrogens is 372 g/mol. The molecule has 3 aromatic rings. The first-order valence-corrected chi connectivity index (χ1v) is 9.19. The van der Waals surface area contributed by atoms with Gasteiger partial charge in [-0.25, -0.2) is 4.98 Å². The average Bonchev–Trinajstić information content (AvgIpc) is 3.05. The second-order valence-corrected chi connectivity index (χ2v) is 6.52. The normalized spacial score (nSPS) is 10.7. The van der Waals surface area contributed by atoms with Gasteiger partial charge in [0.2, 0.25) is 0 Å². The number of hydrogen-bond acceptors (Lipinski definition) is 5. The van der Waals surface area contributed by atoms with Crippen molar-refractivity contribution in [1.82, 2.24) is 20.4 Å². The standard InChI is InChI=1S/C21H24N4O4/c1-6-25-13(3)22-16-9-14(7-8-17(16)25)20(26)23-24-21(27)15-10-18(28-4)12(2)19(11-15)29-5/h7-11H,6H2,1-5H3,(H,23,26)(H,24,27). The second kappa shape index (κ2) is 8.22. The minimum absolute atomic E-state index is 0.303. The number of ether oxygens (including phenoxy) is 2. The van der Waals surface area contributed by atoms with E-state index < -0.39 is 11.8 Å². The average molecular weight is 396 g/mol. The van der Waals surface area contributed by atoms with Crippen molar-refractivity contribution in [3.63, 3.8) is 0 Å². The van der Waals surface area contributed by atoms with E-state index in [1.54, 1.807) is 24.3 Å². The Labute approximate surface area is 168 Å². The first kappa shape index (κ1) is 20.2. The molecule has 0 saturated carbocycles. The molecule has 2 N–H and O–H groups in total. The number of nitrogens with one attached hydrogen (secondary N) is 2. The van der Waals surface area contributed by atoms with Crippen molar-refractivity contribution in [3.05, 3.63) is 52.8 Å². The third-order valence-electron chi connectivity index (χ3n) is 4.82. The van der Waals surface area contributed by atoms with Crippen LogP contribution in [-0.2, 0) is 6.54 Å². The number of aryl methyl sites for hydroxylation is 2. The zero-order valence-electron chi connectivity index (χ0n) is 17.1. The Morgan fingerprint density at radius 3 is 2.10 bits per heavy atom. The molecule has 2 amide bonds. The van der Waals surface area contributed by atoms with Gasteiger partial charge in [-0.2, -0.15) is 0 Å². The van der Waals surface area contributed by atoms with E-state index in [-0.39, 0.29) is 0 Å². The minimum Gasteiger partial charge on any atom is -0.496 e. The lowest BCUT2D eigenvalue weighted by Crippen LogP contribution is -2.41. The summed E-state index contributed by atoms with van der Waals surface area (Å²) in [6, 6.07) is 8.44. The predicted octanol–water partition coefficient (Wildman–Crippen LogP) is 2.77. The molecule has 0 radical (unpaired) electrons. The van der Waals surface area contributed by atoms with Crippen molar-refractivity contribution in [2.24, 2.45) is 0 Å². The lowest BCUT2D eigenvalue weighted by atomic mass is 10.1. The zero-order valence-corrected chi connectivity index (χ0v) is 17.1. The van der Waals surface area contributed by atoms with Gasteiger partial charge in [0.1, 0.15) is 17.3 Å². The molecule has 0 aliphatic carbocycles. The van der Waals surface area contributed by atoms with E-state index in [1.807, 2.05) is 26.8 Å². The Morgan fingerprint density at radius 1 is 0.966 bits per heavy atom. The van der Waals surface area contributed by atoms with E-state index in [9.17, 15) is 9.59 Å². The largest absolute Gasteiger partial charge is 0.496 e.